The highest BCUT2D eigenvalue weighted by Crippen LogP contribution is 2.25. The summed E-state index contributed by atoms with van der Waals surface area (Å²) in [6, 6.07) is 11.0. The normalized spacial score (nSPS) is 15.8. The lowest BCUT2D eigenvalue weighted by Crippen LogP contribution is -2.44. The van der Waals surface area contributed by atoms with Crippen LogP contribution >= 0.6 is 11.8 Å². The van der Waals surface area contributed by atoms with Crippen LogP contribution in [0.3, 0.4) is 0 Å². The van der Waals surface area contributed by atoms with Crippen molar-refractivity contribution in [2.24, 2.45) is 0 Å². The minimum atomic E-state index is -3.28. The molecule has 1 fully saturated rings. The second kappa shape index (κ2) is 11.1. The van der Waals surface area contributed by atoms with Gasteiger partial charge in [0.1, 0.15) is 5.82 Å². The molecule has 0 bridgehead atoms. The number of aryl methyl sites for hydroxylation is 1. The quantitative estimate of drug-likeness (QED) is 0.573. The smallest absolute Gasteiger partial charge is 0.321 e. The van der Waals surface area contributed by atoms with Crippen LogP contribution in [-0.2, 0) is 11.2 Å². The second-order valence-corrected chi connectivity index (χ2v) is 8.90. The molecule has 2 aromatic rings. The average molecular weight is 481 g/mol. The molecule has 1 atom stereocenters. The second-order valence-electron chi connectivity index (χ2n) is 7.49. The highest BCUT2D eigenvalue weighted by molar-refractivity contribution is 8.00. The van der Waals surface area contributed by atoms with Crippen LogP contribution in [0.5, 0.6) is 0 Å². The fourth-order valence-corrected chi connectivity index (χ4v) is 4.54. The number of alkyl halides is 2. The van der Waals surface area contributed by atoms with Gasteiger partial charge < -0.3 is 10.2 Å². The largest absolute Gasteiger partial charge is 0.323 e. The number of amides is 4. The first-order valence-electron chi connectivity index (χ1n) is 10.1. The number of urea groups is 1. The van der Waals surface area contributed by atoms with Crippen molar-refractivity contribution in [3.05, 3.63) is 65.0 Å². The van der Waals surface area contributed by atoms with E-state index in [1.54, 1.807) is 22.1 Å². The first-order chi connectivity index (χ1) is 15.7. The third-order valence-corrected chi connectivity index (χ3v) is 6.16. The number of thioether (sulfide) groups is 1. The molecule has 0 saturated carbocycles. The molecule has 176 valence electrons. The lowest BCUT2D eigenvalue weighted by Gasteiger charge is -2.32. The van der Waals surface area contributed by atoms with E-state index >= 15 is 0 Å². The number of hydrogen-bond donors (Lipinski definition) is 3. The first-order valence-corrected chi connectivity index (χ1v) is 11.2. The minimum Gasteiger partial charge on any atom is -0.323 e. The fraction of sp³-hybridized carbons (Fsp3) is 0.318. The summed E-state index contributed by atoms with van der Waals surface area (Å²) < 4.78 is 38.9. The molecule has 33 heavy (non-hydrogen) atoms. The van der Waals surface area contributed by atoms with Crippen LogP contribution in [0.2, 0.25) is 0 Å². The summed E-state index contributed by atoms with van der Waals surface area (Å²) >= 11 is 1.64. The maximum Gasteiger partial charge on any atom is 0.321 e. The minimum absolute atomic E-state index is 0.0403. The molecule has 0 radical (unpaired) electrons. The van der Waals surface area contributed by atoms with Crippen LogP contribution < -0.4 is 16.2 Å². The zero-order valence-electron chi connectivity index (χ0n) is 17.7. The molecule has 7 nitrogen and oxygen atoms in total. The Balaban J connectivity index is 1.57. The Morgan fingerprint density at radius 2 is 1.94 bits per heavy atom. The number of anilines is 1. The SMILES string of the molecule is Cc1cccc(NC(=O)N2CCSC(Cc3ccc(C(=O)NNC(=O)C(F)F)cc3F)C2)c1. The molecule has 2 aromatic carbocycles. The van der Waals surface area contributed by atoms with E-state index in [9.17, 15) is 27.6 Å². The van der Waals surface area contributed by atoms with Crippen molar-refractivity contribution in [2.75, 3.05) is 24.2 Å². The van der Waals surface area contributed by atoms with Crippen LogP contribution in [0.4, 0.5) is 23.7 Å². The number of hydrogen-bond acceptors (Lipinski definition) is 4. The van der Waals surface area contributed by atoms with E-state index in [1.807, 2.05) is 36.6 Å². The van der Waals surface area contributed by atoms with Gasteiger partial charge in [-0.3, -0.25) is 20.4 Å². The van der Waals surface area contributed by atoms with Crippen LogP contribution in [0.15, 0.2) is 42.5 Å². The Morgan fingerprint density at radius 3 is 2.64 bits per heavy atom. The van der Waals surface area contributed by atoms with E-state index in [0.717, 1.165) is 11.6 Å². The van der Waals surface area contributed by atoms with Crippen LogP contribution in [-0.4, -0.2) is 53.3 Å². The van der Waals surface area contributed by atoms with Gasteiger partial charge in [-0.05, 0) is 48.7 Å². The molecule has 1 aliphatic heterocycles. The third-order valence-electron chi connectivity index (χ3n) is 4.96. The lowest BCUT2D eigenvalue weighted by molar-refractivity contribution is -0.132. The molecular weight excluding hydrogens is 457 g/mol. The van der Waals surface area contributed by atoms with Crippen molar-refractivity contribution in [1.29, 1.82) is 0 Å². The molecule has 11 heteroatoms. The van der Waals surface area contributed by atoms with E-state index in [-0.39, 0.29) is 16.8 Å². The van der Waals surface area contributed by atoms with Crippen molar-refractivity contribution in [1.82, 2.24) is 15.8 Å². The Hall–Kier alpha value is -3.21. The van der Waals surface area contributed by atoms with Crippen LogP contribution in [0.25, 0.3) is 0 Å². The molecule has 1 saturated heterocycles. The number of nitrogens with one attached hydrogen (secondary N) is 3. The molecule has 1 aliphatic rings. The maximum absolute atomic E-state index is 14.6. The molecule has 0 aliphatic carbocycles. The Labute approximate surface area is 193 Å². The molecule has 3 rings (SSSR count). The van der Waals surface area contributed by atoms with Crippen molar-refractivity contribution in [3.8, 4) is 0 Å². The summed E-state index contributed by atoms with van der Waals surface area (Å²) in [4.78, 5) is 37.1. The topological polar surface area (TPSA) is 90.5 Å². The van der Waals surface area contributed by atoms with E-state index in [4.69, 9.17) is 0 Å². The Bertz CT molecular complexity index is 1040. The number of carbonyl (C=O) groups excluding carboxylic acids is 3. The number of halogens is 3. The van der Waals surface area contributed by atoms with E-state index in [2.05, 4.69) is 5.32 Å². The summed E-state index contributed by atoms with van der Waals surface area (Å²) in [5, 5.41) is 2.84. The van der Waals surface area contributed by atoms with Crippen LogP contribution in [0, 0.1) is 12.7 Å². The number of benzene rings is 2. The molecule has 4 amide bonds. The summed E-state index contributed by atoms with van der Waals surface area (Å²) in [6.07, 6.45) is -2.94. The van der Waals surface area contributed by atoms with E-state index < -0.39 is 24.1 Å². The monoisotopic (exact) mass is 480 g/mol. The maximum atomic E-state index is 14.6. The summed E-state index contributed by atoms with van der Waals surface area (Å²) in [6.45, 7) is 2.94. The highest BCUT2D eigenvalue weighted by Gasteiger charge is 2.25. The zero-order chi connectivity index (χ0) is 24.0. The number of hydrazine groups is 1. The van der Waals surface area contributed by atoms with Gasteiger partial charge in [0.15, 0.2) is 0 Å². The van der Waals surface area contributed by atoms with Gasteiger partial charge in [-0.1, -0.05) is 18.2 Å². The predicted molar refractivity (Wildman–Crippen MR) is 120 cm³/mol. The lowest BCUT2D eigenvalue weighted by atomic mass is 10.1. The van der Waals surface area contributed by atoms with Crippen molar-refractivity contribution >= 4 is 35.3 Å². The van der Waals surface area contributed by atoms with Crippen molar-refractivity contribution in [3.63, 3.8) is 0 Å². The number of nitrogens with zero attached hydrogens (tertiary/aromatic N) is 1. The predicted octanol–water partition coefficient (Wildman–Crippen LogP) is 3.35. The molecular formula is C22H23F3N4O3S. The van der Waals surface area contributed by atoms with Crippen molar-refractivity contribution in [2.45, 2.75) is 25.0 Å². The molecule has 1 unspecified atom stereocenters. The van der Waals surface area contributed by atoms with Gasteiger partial charge in [-0.25, -0.2) is 9.18 Å². The summed E-state index contributed by atoms with van der Waals surface area (Å²) in [5.41, 5.74) is 5.35. The average Bonchev–Trinajstić information content (AvgIpc) is 2.78. The zero-order valence-corrected chi connectivity index (χ0v) is 18.6. The van der Waals surface area contributed by atoms with E-state index in [1.165, 1.54) is 12.1 Å². The van der Waals surface area contributed by atoms with Gasteiger partial charge >= 0.3 is 18.4 Å². The van der Waals surface area contributed by atoms with Gasteiger partial charge in [0.2, 0.25) is 0 Å². The molecule has 0 spiro atoms. The van der Waals surface area contributed by atoms with Gasteiger partial charge in [-0.2, -0.15) is 20.5 Å². The highest BCUT2D eigenvalue weighted by atomic mass is 32.2. The number of rotatable bonds is 5. The Kier molecular flexibility index (Phi) is 8.21. The molecule has 3 N–H and O–H groups in total. The van der Waals surface area contributed by atoms with Gasteiger partial charge in [0.25, 0.3) is 5.91 Å². The van der Waals surface area contributed by atoms with Gasteiger partial charge in [0.05, 0.1) is 0 Å². The van der Waals surface area contributed by atoms with Gasteiger partial charge in [0, 0.05) is 35.3 Å². The van der Waals surface area contributed by atoms with Gasteiger partial charge in [-0.15, -0.1) is 0 Å². The third kappa shape index (κ3) is 6.88. The molecule has 0 aromatic heterocycles. The first kappa shape index (κ1) is 24.4. The van der Waals surface area contributed by atoms with Crippen molar-refractivity contribution < 1.29 is 27.6 Å². The Morgan fingerprint density at radius 1 is 1.15 bits per heavy atom. The van der Waals surface area contributed by atoms with E-state index in [0.29, 0.717) is 36.5 Å². The standard InChI is InChI=1S/C22H23F3N4O3S/c1-13-3-2-4-16(9-13)26-22(32)29-7-8-33-17(12-29)10-14-5-6-15(11-18(14)23)20(30)27-28-21(31)19(24)25/h2-6,9,11,17,19H,7-8,10,12H2,1H3,(H,26,32)(H,27,30)(H,28,31). The number of carbonyl (C=O) groups is 3. The summed E-state index contributed by atoms with van der Waals surface area (Å²) in [7, 11) is 0. The summed E-state index contributed by atoms with van der Waals surface area (Å²) in [5.74, 6) is -2.51. The molecule has 1 heterocycles. The van der Waals surface area contributed by atoms with Crippen LogP contribution in [0.1, 0.15) is 21.5 Å². The fourth-order valence-electron chi connectivity index (χ4n) is 3.30.